The van der Waals surface area contributed by atoms with Gasteiger partial charge >= 0.3 is 5.97 Å². The second kappa shape index (κ2) is 10.2. The van der Waals surface area contributed by atoms with Crippen molar-refractivity contribution in [2.45, 2.75) is 78.9 Å². The van der Waals surface area contributed by atoms with Crippen LogP contribution in [0.2, 0.25) is 0 Å². The van der Waals surface area contributed by atoms with Crippen molar-refractivity contribution in [2.24, 2.45) is 11.3 Å². The molecule has 166 valence electrons. The van der Waals surface area contributed by atoms with Crippen molar-refractivity contribution in [3.05, 3.63) is 11.6 Å². The molecular formula is C22H39N3O4. The summed E-state index contributed by atoms with van der Waals surface area (Å²) in [6.45, 7) is 12.1. The first-order valence-electron chi connectivity index (χ1n) is 10.5. The number of carbonyl (C=O) groups is 3. The summed E-state index contributed by atoms with van der Waals surface area (Å²) in [7, 11) is 3.62. The second-order valence-electron chi connectivity index (χ2n) is 9.64. The molecule has 0 spiro atoms. The SMILES string of the molecule is C/C(=C\[C@@H](C(C)C)N(C)C(=O)[C@@H](NC(=O)C1CCCCN1C)C(C)(C)C)C(=O)O. The molecule has 1 rings (SSSR count). The third-order valence-corrected chi connectivity index (χ3v) is 5.71. The molecule has 3 atom stereocenters. The Kier molecular flexibility index (Phi) is 8.87. The lowest BCUT2D eigenvalue weighted by molar-refractivity contribution is -0.141. The van der Waals surface area contributed by atoms with E-state index in [4.69, 9.17) is 0 Å². The van der Waals surface area contributed by atoms with E-state index in [1.807, 2.05) is 46.6 Å². The van der Waals surface area contributed by atoms with Gasteiger partial charge in [-0.2, -0.15) is 0 Å². The van der Waals surface area contributed by atoms with Crippen LogP contribution >= 0.6 is 0 Å². The molecule has 0 aromatic carbocycles. The fourth-order valence-corrected chi connectivity index (χ4v) is 3.72. The first-order chi connectivity index (χ1) is 13.3. The number of nitrogens with one attached hydrogen (secondary N) is 1. The van der Waals surface area contributed by atoms with Crippen LogP contribution in [-0.2, 0) is 14.4 Å². The summed E-state index contributed by atoms with van der Waals surface area (Å²) in [6.07, 6.45) is 4.49. The van der Waals surface area contributed by atoms with Crippen molar-refractivity contribution in [2.75, 3.05) is 20.6 Å². The van der Waals surface area contributed by atoms with E-state index >= 15 is 0 Å². The number of nitrogens with zero attached hydrogens (tertiary/aromatic N) is 2. The van der Waals surface area contributed by atoms with E-state index in [1.165, 1.54) is 6.92 Å². The molecule has 0 saturated carbocycles. The normalized spacial score (nSPS) is 20.9. The number of carboxylic acids is 1. The molecule has 1 aliphatic heterocycles. The summed E-state index contributed by atoms with van der Waals surface area (Å²) in [5, 5.41) is 12.2. The molecule has 7 heteroatoms. The van der Waals surface area contributed by atoms with Gasteiger partial charge in [-0.05, 0) is 44.7 Å². The number of aliphatic carboxylic acids is 1. The summed E-state index contributed by atoms with van der Waals surface area (Å²) >= 11 is 0. The van der Waals surface area contributed by atoms with E-state index in [0.29, 0.717) is 0 Å². The van der Waals surface area contributed by atoms with Gasteiger partial charge in [-0.15, -0.1) is 0 Å². The van der Waals surface area contributed by atoms with Gasteiger partial charge < -0.3 is 15.3 Å². The van der Waals surface area contributed by atoms with Crippen LogP contribution < -0.4 is 5.32 Å². The maximum Gasteiger partial charge on any atom is 0.331 e. The Morgan fingerprint density at radius 2 is 1.79 bits per heavy atom. The fraction of sp³-hybridized carbons (Fsp3) is 0.773. The van der Waals surface area contributed by atoms with Gasteiger partial charge in [0.15, 0.2) is 0 Å². The van der Waals surface area contributed by atoms with E-state index in [0.717, 1.165) is 25.8 Å². The van der Waals surface area contributed by atoms with Crippen LogP contribution in [0.15, 0.2) is 11.6 Å². The van der Waals surface area contributed by atoms with Crippen molar-refractivity contribution in [1.29, 1.82) is 0 Å². The molecule has 0 aromatic rings. The van der Waals surface area contributed by atoms with E-state index in [2.05, 4.69) is 5.32 Å². The summed E-state index contributed by atoms with van der Waals surface area (Å²) < 4.78 is 0. The topological polar surface area (TPSA) is 90.0 Å². The Morgan fingerprint density at radius 1 is 1.21 bits per heavy atom. The smallest absolute Gasteiger partial charge is 0.331 e. The molecule has 0 aliphatic carbocycles. The molecule has 1 saturated heterocycles. The molecule has 1 heterocycles. The zero-order chi connectivity index (χ0) is 22.5. The molecule has 7 nitrogen and oxygen atoms in total. The van der Waals surface area contributed by atoms with E-state index in [-0.39, 0.29) is 35.4 Å². The van der Waals surface area contributed by atoms with Crippen molar-refractivity contribution in [3.63, 3.8) is 0 Å². The van der Waals surface area contributed by atoms with E-state index in [9.17, 15) is 19.5 Å². The van der Waals surface area contributed by atoms with Crippen LogP contribution in [0.5, 0.6) is 0 Å². The number of hydrogen-bond donors (Lipinski definition) is 2. The number of rotatable bonds is 7. The van der Waals surface area contributed by atoms with Crippen molar-refractivity contribution < 1.29 is 19.5 Å². The highest BCUT2D eigenvalue weighted by atomic mass is 16.4. The summed E-state index contributed by atoms with van der Waals surface area (Å²) in [6, 6.07) is -1.30. The average Bonchev–Trinajstić information content (AvgIpc) is 2.61. The molecule has 2 amide bonds. The molecule has 0 aromatic heterocycles. The number of carboxylic acid groups (broad SMARTS) is 1. The van der Waals surface area contributed by atoms with Gasteiger partial charge in [0.05, 0.1) is 12.1 Å². The molecule has 1 aliphatic rings. The lowest BCUT2D eigenvalue weighted by Crippen LogP contribution is -2.59. The first kappa shape index (κ1) is 25.1. The third-order valence-electron chi connectivity index (χ3n) is 5.71. The molecule has 0 radical (unpaired) electrons. The van der Waals surface area contributed by atoms with Crippen LogP contribution in [0.25, 0.3) is 0 Å². The lowest BCUT2D eigenvalue weighted by atomic mass is 9.84. The van der Waals surface area contributed by atoms with Crippen LogP contribution in [-0.4, -0.2) is 71.5 Å². The van der Waals surface area contributed by atoms with Gasteiger partial charge in [-0.25, -0.2) is 4.79 Å². The largest absolute Gasteiger partial charge is 0.478 e. The Labute approximate surface area is 175 Å². The van der Waals surface area contributed by atoms with E-state index in [1.54, 1.807) is 18.0 Å². The Morgan fingerprint density at radius 3 is 2.24 bits per heavy atom. The molecule has 1 unspecified atom stereocenters. The highest BCUT2D eigenvalue weighted by molar-refractivity contribution is 5.91. The highest BCUT2D eigenvalue weighted by Crippen LogP contribution is 2.25. The van der Waals surface area contributed by atoms with Gasteiger partial charge in [-0.1, -0.05) is 47.1 Å². The summed E-state index contributed by atoms with van der Waals surface area (Å²) in [5.74, 6) is -1.30. The minimum atomic E-state index is -1.00. The molecule has 2 N–H and O–H groups in total. The Bertz CT molecular complexity index is 636. The quantitative estimate of drug-likeness (QED) is 0.631. The number of likely N-dealkylation sites (N-methyl/N-ethyl adjacent to an activating group) is 2. The van der Waals surface area contributed by atoms with Crippen molar-refractivity contribution in [1.82, 2.24) is 15.1 Å². The minimum absolute atomic E-state index is 0.0269. The van der Waals surface area contributed by atoms with Gasteiger partial charge in [0, 0.05) is 12.6 Å². The first-order valence-corrected chi connectivity index (χ1v) is 10.5. The maximum absolute atomic E-state index is 13.4. The summed E-state index contributed by atoms with van der Waals surface area (Å²) in [4.78, 5) is 41.2. The number of amides is 2. The van der Waals surface area contributed by atoms with Crippen LogP contribution in [0.1, 0.15) is 60.8 Å². The predicted octanol–water partition coefficient (Wildman–Crippen LogP) is 2.52. The number of likely N-dealkylation sites (tertiary alicyclic amines) is 1. The second-order valence-corrected chi connectivity index (χ2v) is 9.64. The van der Waals surface area contributed by atoms with Gasteiger partial charge in [0.25, 0.3) is 0 Å². The molecule has 29 heavy (non-hydrogen) atoms. The average molecular weight is 410 g/mol. The number of hydrogen-bond acceptors (Lipinski definition) is 4. The van der Waals surface area contributed by atoms with Crippen molar-refractivity contribution >= 4 is 17.8 Å². The zero-order valence-electron chi connectivity index (χ0n) is 19.3. The molecule has 0 bridgehead atoms. The number of carbonyl (C=O) groups excluding carboxylic acids is 2. The predicted molar refractivity (Wildman–Crippen MR) is 114 cm³/mol. The summed E-state index contributed by atoms with van der Waals surface area (Å²) in [5.41, 5.74) is -0.287. The van der Waals surface area contributed by atoms with E-state index < -0.39 is 17.4 Å². The molecular weight excluding hydrogens is 370 g/mol. The number of piperidine rings is 1. The third kappa shape index (κ3) is 6.84. The minimum Gasteiger partial charge on any atom is -0.478 e. The van der Waals surface area contributed by atoms with Crippen LogP contribution in [0.3, 0.4) is 0 Å². The lowest BCUT2D eigenvalue weighted by Gasteiger charge is -2.39. The monoisotopic (exact) mass is 409 g/mol. The Balaban J connectivity index is 3.10. The zero-order valence-corrected chi connectivity index (χ0v) is 19.3. The van der Waals surface area contributed by atoms with Gasteiger partial charge in [0.2, 0.25) is 11.8 Å². The standard InChI is InChI=1S/C22H39N3O4/c1-14(2)17(13-15(3)21(28)29)25(8)20(27)18(22(4,5)6)23-19(26)16-11-9-10-12-24(16)7/h13-14,16-18H,9-12H2,1-8H3,(H,23,26)(H,28,29)/b15-13+/t16?,17-,18+/m0/s1. The molecule has 1 fully saturated rings. The highest BCUT2D eigenvalue weighted by Gasteiger charge is 2.39. The van der Waals surface area contributed by atoms with Crippen molar-refractivity contribution in [3.8, 4) is 0 Å². The van der Waals surface area contributed by atoms with Gasteiger partial charge in [0.1, 0.15) is 6.04 Å². The van der Waals surface area contributed by atoms with Crippen LogP contribution in [0.4, 0.5) is 0 Å². The van der Waals surface area contributed by atoms with Crippen LogP contribution in [0, 0.1) is 11.3 Å². The Hall–Kier alpha value is -1.89. The fourth-order valence-electron chi connectivity index (χ4n) is 3.72. The maximum atomic E-state index is 13.4. The van der Waals surface area contributed by atoms with Gasteiger partial charge in [-0.3, -0.25) is 14.5 Å².